The average molecular weight is 337 g/mol. The molecule has 0 atom stereocenters. The summed E-state index contributed by atoms with van der Waals surface area (Å²) in [5.41, 5.74) is 1.07. The van der Waals surface area contributed by atoms with Crippen molar-refractivity contribution in [2.45, 2.75) is 6.61 Å². The predicted molar refractivity (Wildman–Crippen MR) is 78.4 cm³/mol. The number of methoxy groups -OCH3 is 1. The third-order valence-corrected chi connectivity index (χ3v) is 3.22. The minimum Gasteiger partial charge on any atom is -0.497 e. The number of halogens is 1. The van der Waals surface area contributed by atoms with E-state index in [9.17, 15) is 4.79 Å². The van der Waals surface area contributed by atoms with Gasteiger partial charge in [-0.05, 0) is 35.9 Å². The maximum absolute atomic E-state index is 11.2. The Hall–Kier alpha value is -2.01. The fraction of sp³-hybridized carbons (Fsp3) is 0.133. The molecule has 5 heteroatoms. The van der Waals surface area contributed by atoms with Crippen LogP contribution >= 0.6 is 15.9 Å². The standard InChI is InChI=1S/C15H13BrO4/c1-19-12-5-2-10(3-6-12)9-20-14-7-4-11(16)8-13(14)15(17)18/h2-8H,9H2,1H3,(H,17,18). The zero-order chi connectivity index (χ0) is 14.5. The summed E-state index contributed by atoms with van der Waals surface area (Å²) in [6.45, 7) is 0.298. The van der Waals surface area contributed by atoms with E-state index in [-0.39, 0.29) is 5.56 Å². The number of carboxylic acids is 1. The molecular formula is C15H13BrO4. The van der Waals surface area contributed by atoms with Crippen molar-refractivity contribution in [1.29, 1.82) is 0 Å². The summed E-state index contributed by atoms with van der Waals surface area (Å²) < 4.78 is 11.3. The molecule has 0 spiro atoms. The van der Waals surface area contributed by atoms with Gasteiger partial charge in [0.25, 0.3) is 0 Å². The van der Waals surface area contributed by atoms with Gasteiger partial charge in [-0.15, -0.1) is 0 Å². The van der Waals surface area contributed by atoms with Crippen LogP contribution in [0.3, 0.4) is 0 Å². The quantitative estimate of drug-likeness (QED) is 0.903. The van der Waals surface area contributed by atoms with Gasteiger partial charge in [-0.1, -0.05) is 28.1 Å². The van der Waals surface area contributed by atoms with Crippen molar-refractivity contribution in [1.82, 2.24) is 0 Å². The number of rotatable bonds is 5. The SMILES string of the molecule is COc1ccc(COc2ccc(Br)cc2C(=O)O)cc1. The van der Waals surface area contributed by atoms with Gasteiger partial charge < -0.3 is 14.6 Å². The van der Waals surface area contributed by atoms with Gasteiger partial charge in [0, 0.05) is 4.47 Å². The summed E-state index contributed by atoms with van der Waals surface area (Å²) in [4.78, 5) is 11.2. The van der Waals surface area contributed by atoms with Crippen LogP contribution in [0.5, 0.6) is 11.5 Å². The van der Waals surface area contributed by atoms with E-state index in [0.29, 0.717) is 16.8 Å². The molecule has 0 bridgehead atoms. The predicted octanol–water partition coefficient (Wildman–Crippen LogP) is 3.73. The second kappa shape index (κ2) is 6.43. The Bertz CT molecular complexity index is 608. The Morgan fingerprint density at radius 2 is 1.90 bits per heavy atom. The molecule has 2 aromatic carbocycles. The highest BCUT2D eigenvalue weighted by Gasteiger charge is 2.11. The smallest absolute Gasteiger partial charge is 0.339 e. The molecule has 0 saturated carbocycles. The lowest BCUT2D eigenvalue weighted by molar-refractivity contribution is 0.0691. The molecule has 0 aliphatic rings. The molecule has 0 saturated heterocycles. The molecule has 104 valence electrons. The van der Waals surface area contributed by atoms with Gasteiger partial charge in [0.1, 0.15) is 23.7 Å². The van der Waals surface area contributed by atoms with Crippen molar-refractivity contribution in [3.63, 3.8) is 0 Å². The normalized spacial score (nSPS) is 10.1. The molecule has 0 heterocycles. The molecule has 0 aliphatic carbocycles. The highest BCUT2D eigenvalue weighted by atomic mass is 79.9. The monoisotopic (exact) mass is 336 g/mol. The first-order valence-corrected chi connectivity index (χ1v) is 6.68. The summed E-state index contributed by atoms with van der Waals surface area (Å²) in [7, 11) is 1.60. The van der Waals surface area contributed by atoms with E-state index in [4.69, 9.17) is 14.6 Å². The van der Waals surface area contributed by atoms with E-state index >= 15 is 0 Å². The molecule has 20 heavy (non-hydrogen) atoms. The van der Waals surface area contributed by atoms with Crippen molar-refractivity contribution >= 4 is 21.9 Å². The van der Waals surface area contributed by atoms with Gasteiger partial charge in [0.05, 0.1) is 7.11 Å². The van der Waals surface area contributed by atoms with Crippen LogP contribution in [0.4, 0.5) is 0 Å². The molecule has 2 rings (SSSR count). The van der Waals surface area contributed by atoms with Crippen LogP contribution in [-0.4, -0.2) is 18.2 Å². The fourth-order valence-corrected chi connectivity index (χ4v) is 2.04. The number of ether oxygens (including phenoxy) is 2. The first-order chi connectivity index (χ1) is 9.60. The third-order valence-electron chi connectivity index (χ3n) is 2.73. The van der Waals surface area contributed by atoms with Crippen LogP contribution in [0.1, 0.15) is 15.9 Å². The molecule has 0 unspecified atom stereocenters. The van der Waals surface area contributed by atoms with Crippen LogP contribution in [0, 0.1) is 0 Å². The van der Waals surface area contributed by atoms with Crippen LogP contribution in [0.2, 0.25) is 0 Å². The van der Waals surface area contributed by atoms with Crippen molar-refractivity contribution in [3.8, 4) is 11.5 Å². The van der Waals surface area contributed by atoms with E-state index in [1.807, 2.05) is 24.3 Å². The molecule has 0 aliphatic heterocycles. The van der Waals surface area contributed by atoms with Gasteiger partial charge >= 0.3 is 5.97 Å². The van der Waals surface area contributed by atoms with E-state index in [1.165, 1.54) is 6.07 Å². The molecule has 0 aromatic heterocycles. The minimum atomic E-state index is -1.02. The summed E-state index contributed by atoms with van der Waals surface area (Å²) >= 11 is 3.24. The summed E-state index contributed by atoms with van der Waals surface area (Å²) in [5, 5.41) is 9.14. The van der Waals surface area contributed by atoms with Gasteiger partial charge in [-0.2, -0.15) is 0 Å². The Balaban J connectivity index is 2.12. The van der Waals surface area contributed by atoms with Crippen LogP contribution in [0.15, 0.2) is 46.9 Å². The van der Waals surface area contributed by atoms with Gasteiger partial charge in [-0.3, -0.25) is 0 Å². The Morgan fingerprint density at radius 3 is 2.50 bits per heavy atom. The van der Waals surface area contributed by atoms with E-state index < -0.39 is 5.97 Å². The van der Waals surface area contributed by atoms with E-state index in [2.05, 4.69) is 15.9 Å². The van der Waals surface area contributed by atoms with Crippen molar-refractivity contribution < 1.29 is 19.4 Å². The summed E-state index contributed by atoms with van der Waals surface area (Å²) in [6, 6.07) is 12.3. The first-order valence-electron chi connectivity index (χ1n) is 5.88. The van der Waals surface area contributed by atoms with Crippen LogP contribution in [-0.2, 0) is 6.61 Å². The Kier molecular flexibility index (Phi) is 4.63. The number of hydrogen-bond acceptors (Lipinski definition) is 3. The molecule has 0 radical (unpaired) electrons. The van der Waals surface area contributed by atoms with Crippen molar-refractivity contribution in [3.05, 3.63) is 58.1 Å². The molecular weight excluding hydrogens is 324 g/mol. The van der Waals surface area contributed by atoms with E-state index in [1.54, 1.807) is 19.2 Å². The Morgan fingerprint density at radius 1 is 1.20 bits per heavy atom. The lowest BCUT2D eigenvalue weighted by Crippen LogP contribution is -2.03. The van der Waals surface area contributed by atoms with Gasteiger partial charge in [-0.25, -0.2) is 4.79 Å². The summed E-state index contributed by atoms with van der Waals surface area (Å²) in [5.74, 6) is 0.0937. The molecule has 2 aromatic rings. The zero-order valence-electron chi connectivity index (χ0n) is 10.8. The van der Waals surface area contributed by atoms with Gasteiger partial charge in [0.2, 0.25) is 0 Å². The highest BCUT2D eigenvalue weighted by Crippen LogP contribution is 2.24. The Labute approximate surface area is 125 Å². The van der Waals surface area contributed by atoms with Gasteiger partial charge in [0.15, 0.2) is 0 Å². The fourth-order valence-electron chi connectivity index (χ4n) is 1.68. The van der Waals surface area contributed by atoms with E-state index in [0.717, 1.165) is 11.3 Å². The van der Waals surface area contributed by atoms with Crippen LogP contribution in [0.25, 0.3) is 0 Å². The average Bonchev–Trinajstić information content (AvgIpc) is 2.46. The molecule has 0 amide bonds. The largest absolute Gasteiger partial charge is 0.497 e. The molecule has 0 fully saturated rings. The third kappa shape index (κ3) is 3.51. The van der Waals surface area contributed by atoms with Crippen LogP contribution < -0.4 is 9.47 Å². The second-order valence-corrected chi connectivity index (χ2v) is 5.00. The lowest BCUT2D eigenvalue weighted by atomic mass is 10.2. The topological polar surface area (TPSA) is 55.8 Å². The molecule has 1 N–H and O–H groups in total. The maximum atomic E-state index is 11.2. The number of aromatic carboxylic acids is 1. The maximum Gasteiger partial charge on any atom is 0.339 e. The number of carbonyl (C=O) groups is 1. The number of carboxylic acid groups (broad SMARTS) is 1. The lowest BCUT2D eigenvalue weighted by Gasteiger charge is -2.10. The van der Waals surface area contributed by atoms with Crippen molar-refractivity contribution in [2.75, 3.05) is 7.11 Å². The summed E-state index contributed by atoms with van der Waals surface area (Å²) in [6.07, 6.45) is 0. The molecule has 4 nitrogen and oxygen atoms in total. The number of benzene rings is 2. The first kappa shape index (κ1) is 14.4. The zero-order valence-corrected chi connectivity index (χ0v) is 12.4. The van der Waals surface area contributed by atoms with Crippen molar-refractivity contribution in [2.24, 2.45) is 0 Å². The number of hydrogen-bond donors (Lipinski definition) is 1. The highest BCUT2D eigenvalue weighted by molar-refractivity contribution is 9.10. The second-order valence-electron chi connectivity index (χ2n) is 4.08. The minimum absolute atomic E-state index is 0.132.